The van der Waals surface area contributed by atoms with Gasteiger partial charge in [-0.05, 0) is 22.9 Å². The van der Waals surface area contributed by atoms with Crippen LogP contribution in [0.4, 0.5) is 0 Å². The van der Waals surface area contributed by atoms with E-state index in [1.165, 1.54) is 11.3 Å². The molecule has 0 radical (unpaired) electrons. The lowest BCUT2D eigenvalue weighted by molar-refractivity contribution is 0.515. The number of rotatable bonds is 2. The number of hydrogen-bond donors (Lipinski definition) is 1. The molecule has 3 nitrogen and oxygen atoms in total. The maximum absolute atomic E-state index is 10.8. The van der Waals surface area contributed by atoms with Gasteiger partial charge in [-0.2, -0.15) is 5.26 Å². The molecule has 4 heteroatoms. The van der Waals surface area contributed by atoms with E-state index in [1.807, 2.05) is 66.7 Å². The van der Waals surface area contributed by atoms with Crippen LogP contribution in [0.15, 0.2) is 66.7 Å². The van der Waals surface area contributed by atoms with Crippen molar-refractivity contribution in [1.82, 2.24) is 4.98 Å². The molecule has 0 unspecified atom stereocenters. The molecule has 1 N–H and O–H groups in total. The molecule has 0 saturated heterocycles. The quantitative estimate of drug-likeness (QED) is 0.396. The number of allylic oxidation sites excluding steroid dienone is 1. The first-order valence-corrected chi connectivity index (χ1v) is 8.27. The van der Waals surface area contributed by atoms with Crippen LogP contribution in [0.25, 0.3) is 32.3 Å². The third-order valence-electron chi connectivity index (χ3n) is 3.90. The molecule has 4 aromatic rings. The van der Waals surface area contributed by atoms with Gasteiger partial charge in [-0.3, -0.25) is 0 Å². The van der Waals surface area contributed by atoms with E-state index in [0.29, 0.717) is 10.6 Å². The Kier molecular flexibility index (Phi) is 3.49. The molecule has 1 heterocycles. The van der Waals surface area contributed by atoms with Crippen LogP contribution in [0.2, 0.25) is 0 Å². The molecule has 0 spiro atoms. The molecule has 3 aromatic carbocycles. The van der Waals surface area contributed by atoms with Gasteiger partial charge >= 0.3 is 0 Å². The molecule has 0 bridgehead atoms. The van der Waals surface area contributed by atoms with Crippen LogP contribution in [0.1, 0.15) is 10.6 Å². The fourth-order valence-corrected chi connectivity index (χ4v) is 3.71. The largest absolute Gasteiger partial charge is 0.506 e. The zero-order chi connectivity index (χ0) is 16.5. The van der Waals surface area contributed by atoms with E-state index < -0.39 is 0 Å². The van der Waals surface area contributed by atoms with E-state index >= 15 is 0 Å². The first-order valence-electron chi connectivity index (χ1n) is 7.45. The highest BCUT2D eigenvalue weighted by molar-refractivity contribution is 7.19. The van der Waals surface area contributed by atoms with Crippen LogP contribution in [0.3, 0.4) is 0 Å². The van der Waals surface area contributed by atoms with Crippen molar-refractivity contribution in [3.63, 3.8) is 0 Å². The monoisotopic (exact) mass is 328 g/mol. The van der Waals surface area contributed by atoms with Crippen LogP contribution >= 0.6 is 11.3 Å². The lowest BCUT2D eigenvalue weighted by Crippen LogP contribution is -1.91. The average Bonchev–Trinajstić information content (AvgIpc) is 3.05. The smallest absolute Gasteiger partial charge is 0.144 e. The number of fused-ring (bicyclic) bond motifs is 2. The molecule has 0 saturated carbocycles. The third-order valence-corrected chi connectivity index (χ3v) is 4.96. The van der Waals surface area contributed by atoms with Crippen molar-refractivity contribution >= 4 is 43.7 Å². The zero-order valence-electron chi connectivity index (χ0n) is 12.6. The van der Waals surface area contributed by atoms with Crippen molar-refractivity contribution in [2.75, 3.05) is 0 Å². The maximum Gasteiger partial charge on any atom is 0.144 e. The van der Waals surface area contributed by atoms with Gasteiger partial charge in [0.05, 0.1) is 10.2 Å². The summed E-state index contributed by atoms with van der Waals surface area (Å²) in [6, 6.07) is 23.3. The Morgan fingerprint density at radius 2 is 1.71 bits per heavy atom. The fourth-order valence-electron chi connectivity index (χ4n) is 2.75. The van der Waals surface area contributed by atoms with E-state index in [4.69, 9.17) is 0 Å². The maximum atomic E-state index is 10.8. The van der Waals surface area contributed by atoms with E-state index in [0.717, 1.165) is 21.0 Å². The van der Waals surface area contributed by atoms with Gasteiger partial charge in [0, 0.05) is 5.56 Å². The highest BCUT2D eigenvalue weighted by atomic mass is 32.1. The van der Waals surface area contributed by atoms with Crippen LogP contribution in [-0.4, -0.2) is 10.1 Å². The van der Waals surface area contributed by atoms with Crippen LogP contribution in [0.5, 0.6) is 0 Å². The minimum absolute atomic E-state index is 0.0339. The molecule has 4 rings (SSSR count). The number of hydrogen-bond acceptors (Lipinski definition) is 4. The highest BCUT2D eigenvalue weighted by Crippen LogP contribution is 2.33. The summed E-state index contributed by atoms with van der Waals surface area (Å²) in [5.41, 5.74) is 1.67. The minimum Gasteiger partial charge on any atom is -0.506 e. The normalized spacial score (nSPS) is 12.1. The van der Waals surface area contributed by atoms with Gasteiger partial charge in [-0.15, -0.1) is 11.3 Å². The lowest BCUT2D eigenvalue weighted by Gasteiger charge is -2.07. The van der Waals surface area contributed by atoms with Crippen LogP contribution in [0, 0.1) is 11.3 Å². The highest BCUT2D eigenvalue weighted by Gasteiger charge is 2.16. The molecule has 0 amide bonds. The fraction of sp³-hybridized carbons (Fsp3) is 0. The predicted octanol–water partition coefficient (Wildman–Crippen LogP) is 5.40. The lowest BCUT2D eigenvalue weighted by atomic mass is 10.0. The summed E-state index contributed by atoms with van der Waals surface area (Å²) in [6.45, 7) is 0. The molecule has 0 fully saturated rings. The standard InChI is InChI=1S/C20H12N2OS/c21-12-16(20-22-17-10-3-4-11-18(17)24-20)19(23)15-9-5-7-13-6-1-2-8-14(13)15/h1-11,23H. The second-order valence-electron chi connectivity index (χ2n) is 5.35. The Morgan fingerprint density at radius 3 is 2.54 bits per heavy atom. The zero-order valence-corrected chi connectivity index (χ0v) is 13.4. The van der Waals surface area contributed by atoms with E-state index in [1.54, 1.807) is 0 Å². The Bertz CT molecular complexity index is 1100. The first kappa shape index (κ1) is 14.4. The van der Waals surface area contributed by atoms with Crippen molar-refractivity contribution < 1.29 is 5.11 Å². The molecule has 0 atom stereocenters. The Balaban J connectivity index is 1.96. The van der Waals surface area contributed by atoms with E-state index in [2.05, 4.69) is 11.1 Å². The second kappa shape index (κ2) is 5.80. The van der Waals surface area contributed by atoms with Gasteiger partial charge in [0.15, 0.2) is 0 Å². The van der Waals surface area contributed by atoms with Gasteiger partial charge < -0.3 is 5.11 Å². The van der Waals surface area contributed by atoms with Crippen molar-refractivity contribution in [3.8, 4) is 6.07 Å². The summed E-state index contributed by atoms with van der Waals surface area (Å²) >= 11 is 1.41. The summed E-state index contributed by atoms with van der Waals surface area (Å²) in [4.78, 5) is 4.49. The number of para-hydroxylation sites is 1. The number of benzene rings is 3. The molecule has 0 aliphatic heterocycles. The first-order chi connectivity index (χ1) is 11.8. The van der Waals surface area contributed by atoms with Gasteiger partial charge in [0.2, 0.25) is 0 Å². The second-order valence-corrected chi connectivity index (χ2v) is 6.38. The number of nitriles is 1. The van der Waals surface area contributed by atoms with Gasteiger partial charge in [0.25, 0.3) is 0 Å². The summed E-state index contributed by atoms with van der Waals surface area (Å²) in [7, 11) is 0. The summed E-state index contributed by atoms with van der Waals surface area (Å²) in [5, 5.41) is 22.8. The molecule has 0 aliphatic carbocycles. The number of aromatic nitrogens is 1. The number of aliphatic hydroxyl groups excluding tert-OH is 1. The summed E-state index contributed by atoms with van der Waals surface area (Å²) < 4.78 is 0.992. The van der Waals surface area contributed by atoms with Crippen molar-refractivity contribution in [2.45, 2.75) is 0 Å². The SMILES string of the molecule is N#CC(=C(O)c1cccc2ccccc12)c1nc2ccccc2s1. The molecule has 114 valence electrons. The van der Waals surface area contributed by atoms with Crippen LogP contribution < -0.4 is 0 Å². The van der Waals surface area contributed by atoms with Crippen molar-refractivity contribution in [2.24, 2.45) is 0 Å². The Morgan fingerprint density at radius 1 is 0.958 bits per heavy atom. The molecule has 24 heavy (non-hydrogen) atoms. The van der Waals surface area contributed by atoms with Gasteiger partial charge in [0.1, 0.15) is 22.4 Å². The Labute approximate surface area is 142 Å². The predicted molar refractivity (Wildman–Crippen MR) is 98.6 cm³/mol. The number of aliphatic hydroxyl groups is 1. The molecular weight excluding hydrogens is 316 g/mol. The molecule has 1 aromatic heterocycles. The minimum atomic E-state index is -0.0339. The molecule has 0 aliphatic rings. The Hall–Kier alpha value is -3.16. The molecular formula is C20H12N2OS. The van der Waals surface area contributed by atoms with Gasteiger partial charge in [-0.1, -0.05) is 54.6 Å². The summed E-state index contributed by atoms with van der Waals surface area (Å²) in [5.74, 6) is -0.0339. The number of nitrogens with zero attached hydrogens (tertiary/aromatic N) is 2. The van der Waals surface area contributed by atoms with Gasteiger partial charge in [-0.25, -0.2) is 4.98 Å². The van der Waals surface area contributed by atoms with E-state index in [9.17, 15) is 10.4 Å². The topological polar surface area (TPSA) is 56.9 Å². The third kappa shape index (κ3) is 2.32. The van der Waals surface area contributed by atoms with E-state index in [-0.39, 0.29) is 11.3 Å². The number of thiazole rings is 1. The average molecular weight is 328 g/mol. The summed E-state index contributed by atoms with van der Waals surface area (Å²) in [6.07, 6.45) is 0. The van der Waals surface area contributed by atoms with Crippen LogP contribution in [-0.2, 0) is 0 Å². The van der Waals surface area contributed by atoms with Crippen molar-refractivity contribution in [1.29, 1.82) is 5.26 Å². The van der Waals surface area contributed by atoms with Crippen molar-refractivity contribution in [3.05, 3.63) is 77.3 Å².